The highest BCUT2D eigenvalue weighted by atomic mass is 16.6. The Morgan fingerprint density at radius 1 is 1.31 bits per heavy atom. The number of terminal acetylenes is 1. The van der Waals surface area contributed by atoms with Crippen molar-refractivity contribution in [1.82, 2.24) is 0 Å². The molecule has 0 aromatic heterocycles. The van der Waals surface area contributed by atoms with Gasteiger partial charge in [0.2, 0.25) is 0 Å². The second kappa shape index (κ2) is 6.16. The number of carbonyl (C=O) groups excluding carboxylic acids is 2. The summed E-state index contributed by atoms with van der Waals surface area (Å²) < 4.78 is 9.84. The molecule has 1 atom stereocenters. The van der Waals surface area contributed by atoms with E-state index in [9.17, 15) is 9.59 Å². The SMILES string of the molecule is C#CCC(C(=O)OCC)C(=O)OC(C)(C)C. The van der Waals surface area contributed by atoms with Crippen LogP contribution in [-0.4, -0.2) is 24.1 Å². The summed E-state index contributed by atoms with van der Waals surface area (Å²) in [5.74, 6) is -0.0170. The number of hydrogen-bond acceptors (Lipinski definition) is 4. The first-order chi connectivity index (χ1) is 7.31. The van der Waals surface area contributed by atoms with Gasteiger partial charge in [-0.25, -0.2) is 0 Å². The van der Waals surface area contributed by atoms with Gasteiger partial charge in [0.05, 0.1) is 6.61 Å². The molecule has 16 heavy (non-hydrogen) atoms. The molecule has 0 bridgehead atoms. The highest BCUT2D eigenvalue weighted by Gasteiger charge is 2.31. The molecule has 0 fully saturated rings. The Balaban J connectivity index is 4.60. The van der Waals surface area contributed by atoms with Gasteiger partial charge in [0.15, 0.2) is 5.92 Å². The van der Waals surface area contributed by atoms with Gasteiger partial charge >= 0.3 is 11.9 Å². The van der Waals surface area contributed by atoms with Gasteiger partial charge < -0.3 is 9.47 Å². The van der Waals surface area contributed by atoms with E-state index < -0.39 is 23.5 Å². The third kappa shape index (κ3) is 5.40. The third-order valence-corrected chi connectivity index (χ3v) is 1.58. The zero-order valence-electron chi connectivity index (χ0n) is 10.2. The van der Waals surface area contributed by atoms with Crippen LogP contribution < -0.4 is 0 Å². The quantitative estimate of drug-likeness (QED) is 0.414. The number of ether oxygens (including phenoxy) is 2. The van der Waals surface area contributed by atoms with Crippen molar-refractivity contribution in [3.8, 4) is 12.3 Å². The van der Waals surface area contributed by atoms with Crippen molar-refractivity contribution in [2.45, 2.75) is 39.7 Å². The molecule has 0 heterocycles. The Labute approximate surface area is 96.3 Å². The van der Waals surface area contributed by atoms with Crippen LogP contribution in [0.4, 0.5) is 0 Å². The maximum atomic E-state index is 11.6. The van der Waals surface area contributed by atoms with Crippen LogP contribution in [0.3, 0.4) is 0 Å². The first-order valence-corrected chi connectivity index (χ1v) is 5.14. The monoisotopic (exact) mass is 226 g/mol. The fraction of sp³-hybridized carbons (Fsp3) is 0.667. The van der Waals surface area contributed by atoms with Gasteiger partial charge in [-0.2, -0.15) is 0 Å². The first-order valence-electron chi connectivity index (χ1n) is 5.14. The lowest BCUT2D eigenvalue weighted by atomic mass is 10.1. The predicted molar refractivity (Wildman–Crippen MR) is 59.4 cm³/mol. The molecule has 0 aliphatic heterocycles. The van der Waals surface area contributed by atoms with E-state index in [-0.39, 0.29) is 13.0 Å². The average Bonchev–Trinajstić information content (AvgIpc) is 2.11. The molecular formula is C12H18O4. The maximum Gasteiger partial charge on any atom is 0.321 e. The summed E-state index contributed by atoms with van der Waals surface area (Å²) in [6, 6.07) is 0. The average molecular weight is 226 g/mol. The first kappa shape index (κ1) is 14.5. The van der Waals surface area contributed by atoms with E-state index in [2.05, 4.69) is 5.92 Å². The highest BCUT2D eigenvalue weighted by molar-refractivity contribution is 5.95. The molecule has 0 spiro atoms. The molecule has 0 saturated heterocycles. The molecule has 0 N–H and O–H groups in total. The van der Waals surface area contributed by atoms with Crippen LogP contribution in [0.1, 0.15) is 34.1 Å². The van der Waals surface area contributed by atoms with Gasteiger partial charge in [0, 0.05) is 6.42 Å². The topological polar surface area (TPSA) is 52.6 Å². The highest BCUT2D eigenvalue weighted by Crippen LogP contribution is 2.14. The lowest BCUT2D eigenvalue weighted by molar-refractivity contribution is -0.168. The Morgan fingerprint density at radius 3 is 2.25 bits per heavy atom. The largest absolute Gasteiger partial charge is 0.465 e. The third-order valence-electron chi connectivity index (χ3n) is 1.58. The summed E-state index contributed by atoms with van der Waals surface area (Å²) in [5, 5.41) is 0. The fourth-order valence-corrected chi connectivity index (χ4v) is 0.997. The van der Waals surface area contributed by atoms with E-state index in [1.807, 2.05) is 0 Å². The number of rotatable bonds is 4. The molecule has 0 amide bonds. The minimum Gasteiger partial charge on any atom is -0.465 e. The number of esters is 2. The second-order valence-electron chi connectivity index (χ2n) is 4.25. The molecule has 90 valence electrons. The minimum atomic E-state index is -1.02. The fourth-order valence-electron chi connectivity index (χ4n) is 0.997. The normalized spacial score (nSPS) is 12.4. The summed E-state index contributed by atoms with van der Waals surface area (Å²) >= 11 is 0. The molecule has 0 radical (unpaired) electrons. The Bertz CT molecular complexity index is 293. The standard InChI is InChI=1S/C12H18O4/c1-6-8-9(10(13)15-7-2)11(14)16-12(3,4)5/h1,9H,7-8H2,2-5H3. The molecule has 0 aromatic carbocycles. The molecule has 0 aliphatic carbocycles. The van der Waals surface area contributed by atoms with Crippen molar-refractivity contribution in [1.29, 1.82) is 0 Å². The van der Waals surface area contributed by atoms with Crippen molar-refractivity contribution in [3.63, 3.8) is 0 Å². The van der Waals surface area contributed by atoms with Gasteiger partial charge in [-0.1, -0.05) is 0 Å². The van der Waals surface area contributed by atoms with Gasteiger partial charge in [0.25, 0.3) is 0 Å². The van der Waals surface area contributed by atoms with Crippen LogP contribution >= 0.6 is 0 Å². The second-order valence-corrected chi connectivity index (χ2v) is 4.25. The van der Waals surface area contributed by atoms with Crippen LogP contribution in [0.2, 0.25) is 0 Å². The molecule has 0 rings (SSSR count). The molecular weight excluding hydrogens is 208 g/mol. The summed E-state index contributed by atoms with van der Waals surface area (Å²) in [6.45, 7) is 7.05. The van der Waals surface area contributed by atoms with Crippen molar-refractivity contribution in [2.24, 2.45) is 5.92 Å². The van der Waals surface area contributed by atoms with Crippen molar-refractivity contribution in [2.75, 3.05) is 6.61 Å². The maximum absolute atomic E-state index is 11.6. The van der Waals surface area contributed by atoms with Crippen molar-refractivity contribution < 1.29 is 19.1 Å². The van der Waals surface area contributed by atoms with E-state index >= 15 is 0 Å². The molecule has 4 heteroatoms. The summed E-state index contributed by atoms with van der Waals surface area (Å²) in [7, 11) is 0. The van der Waals surface area contributed by atoms with Crippen molar-refractivity contribution in [3.05, 3.63) is 0 Å². The van der Waals surface area contributed by atoms with Crippen LogP contribution in [0.5, 0.6) is 0 Å². The van der Waals surface area contributed by atoms with E-state index in [1.54, 1.807) is 27.7 Å². The molecule has 4 nitrogen and oxygen atoms in total. The smallest absolute Gasteiger partial charge is 0.321 e. The molecule has 0 saturated carbocycles. The van der Waals surface area contributed by atoms with Crippen molar-refractivity contribution >= 4 is 11.9 Å². The van der Waals surface area contributed by atoms with Crippen LogP contribution in [0.15, 0.2) is 0 Å². The van der Waals surface area contributed by atoms with Gasteiger partial charge in [0.1, 0.15) is 5.60 Å². The predicted octanol–water partition coefficient (Wildman–Crippen LogP) is 1.53. The van der Waals surface area contributed by atoms with Crippen LogP contribution in [-0.2, 0) is 19.1 Å². The van der Waals surface area contributed by atoms with Crippen LogP contribution in [0, 0.1) is 18.3 Å². The number of carbonyl (C=O) groups is 2. The van der Waals surface area contributed by atoms with Gasteiger partial charge in [-0.15, -0.1) is 12.3 Å². The van der Waals surface area contributed by atoms with E-state index in [1.165, 1.54) is 0 Å². The van der Waals surface area contributed by atoms with E-state index in [4.69, 9.17) is 15.9 Å². The Hall–Kier alpha value is -1.50. The lowest BCUT2D eigenvalue weighted by Crippen LogP contribution is -2.33. The van der Waals surface area contributed by atoms with Crippen LogP contribution in [0.25, 0.3) is 0 Å². The zero-order chi connectivity index (χ0) is 12.8. The Kier molecular flexibility index (Phi) is 5.59. The van der Waals surface area contributed by atoms with E-state index in [0.29, 0.717) is 0 Å². The molecule has 0 aliphatic rings. The lowest BCUT2D eigenvalue weighted by Gasteiger charge is -2.22. The zero-order valence-corrected chi connectivity index (χ0v) is 10.2. The summed E-state index contributed by atoms with van der Waals surface area (Å²) in [5.41, 5.74) is -0.642. The molecule has 0 aromatic rings. The summed E-state index contributed by atoms with van der Waals surface area (Å²) in [4.78, 5) is 23.1. The minimum absolute atomic E-state index is 0.00620. The Morgan fingerprint density at radius 2 is 1.88 bits per heavy atom. The van der Waals surface area contributed by atoms with Gasteiger partial charge in [-0.05, 0) is 27.7 Å². The van der Waals surface area contributed by atoms with E-state index in [0.717, 1.165) is 0 Å². The molecule has 1 unspecified atom stereocenters. The van der Waals surface area contributed by atoms with Gasteiger partial charge in [-0.3, -0.25) is 9.59 Å². The summed E-state index contributed by atoms with van der Waals surface area (Å²) in [6.07, 6.45) is 5.09. The number of hydrogen-bond donors (Lipinski definition) is 0.